The van der Waals surface area contributed by atoms with Gasteiger partial charge in [-0.05, 0) is 44.4 Å². The van der Waals surface area contributed by atoms with Gasteiger partial charge in [0.1, 0.15) is 11.6 Å². The van der Waals surface area contributed by atoms with E-state index in [1.54, 1.807) is 32.5 Å². The summed E-state index contributed by atoms with van der Waals surface area (Å²) in [6.07, 6.45) is -0.203. The van der Waals surface area contributed by atoms with Crippen LogP contribution in [0.4, 0.5) is 4.79 Å². The molecule has 0 saturated carbocycles. The second kappa shape index (κ2) is 11.8. The van der Waals surface area contributed by atoms with E-state index < -0.39 is 17.7 Å². The maximum absolute atomic E-state index is 13.2. The van der Waals surface area contributed by atoms with Crippen LogP contribution in [0.15, 0.2) is 65.6 Å². The molecule has 2 atom stereocenters. The van der Waals surface area contributed by atoms with E-state index >= 15 is 0 Å². The Morgan fingerprint density at radius 1 is 0.935 bits per heavy atom. The molecule has 2 rings (SSSR count). The van der Waals surface area contributed by atoms with E-state index in [2.05, 4.69) is 36.6 Å². The van der Waals surface area contributed by atoms with Gasteiger partial charge in [-0.2, -0.15) is 0 Å². The zero-order valence-electron chi connectivity index (χ0n) is 19.1. The first-order valence-electron chi connectivity index (χ1n) is 10.7. The molecule has 2 N–H and O–H groups in total. The first-order chi connectivity index (χ1) is 14.6. The van der Waals surface area contributed by atoms with Crippen LogP contribution in [0.1, 0.15) is 40.2 Å². The van der Waals surface area contributed by atoms with Crippen LogP contribution >= 0.6 is 11.8 Å². The second-order valence-electron chi connectivity index (χ2n) is 8.87. The van der Waals surface area contributed by atoms with Crippen LogP contribution in [0.3, 0.4) is 0 Å². The second-order valence-corrected chi connectivity index (χ2v) is 9.97. The van der Waals surface area contributed by atoms with Crippen LogP contribution in [-0.2, 0) is 16.0 Å². The van der Waals surface area contributed by atoms with Gasteiger partial charge in [0, 0.05) is 23.1 Å². The zero-order valence-corrected chi connectivity index (χ0v) is 19.9. The number of thioether (sulfide) groups is 1. The van der Waals surface area contributed by atoms with Gasteiger partial charge in [0.15, 0.2) is 0 Å². The Bertz CT molecular complexity index is 820. The van der Waals surface area contributed by atoms with Crippen LogP contribution in [0.5, 0.6) is 0 Å². The summed E-state index contributed by atoms with van der Waals surface area (Å²) in [6.45, 7) is 9.57. The molecule has 0 aliphatic carbocycles. The number of alkyl carbamates (subject to hydrolysis) is 1. The average Bonchev–Trinajstić information content (AvgIpc) is 2.70. The average molecular weight is 443 g/mol. The van der Waals surface area contributed by atoms with Crippen molar-refractivity contribution in [2.45, 2.75) is 63.6 Å². The van der Waals surface area contributed by atoms with Crippen molar-refractivity contribution in [1.82, 2.24) is 10.6 Å². The Balaban J connectivity index is 2.08. The normalized spacial score (nSPS) is 13.4. The molecule has 2 aromatic rings. The smallest absolute Gasteiger partial charge is 0.408 e. The minimum atomic E-state index is -0.722. The van der Waals surface area contributed by atoms with Gasteiger partial charge in [-0.1, -0.05) is 62.4 Å². The third-order valence-corrected chi connectivity index (χ3v) is 5.73. The van der Waals surface area contributed by atoms with Gasteiger partial charge in [0.25, 0.3) is 0 Å². The third kappa shape index (κ3) is 9.47. The maximum atomic E-state index is 13.2. The van der Waals surface area contributed by atoms with Crippen LogP contribution in [0, 0.1) is 5.92 Å². The first kappa shape index (κ1) is 24.8. The van der Waals surface area contributed by atoms with E-state index in [0.29, 0.717) is 6.42 Å². The van der Waals surface area contributed by atoms with E-state index in [0.717, 1.165) is 16.2 Å². The van der Waals surface area contributed by atoms with Crippen molar-refractivity contribution < 1.29 is 14.3 Å². The van der Waals surface area contributed by atoms with Gasteiger partial charge < -0.3 is 15.4 Å². The monoisotopic (exact) mass is 442 g/mol. The number of carbonyl (C=O) groups is 2. The van der Waals surface area contributed by atoms with E-state index in [1.807, 2.05) is 48.5 Å². The Kier molecular flexibility index (Phi) is 9.44. The Morgan fingerprint density at radius 2 is 1.52 bits per heavy atom. The van der Waals surface area contributed by atoms with Gasteiger partial charge in [-0.3, -0.25) is 4.79 Å². The highest BCUT2D eigenvalue weighted by molar-refractivity contribution is 7.99. The summed E-state index contributed by atoms with van der Waals surface area (Å²) < 4.78 is 5.38. The molecular formula is C25H34N2O3S. The summed E-state index contributed by atoms with van der Waals surface area (Å²) in [4.78, 5) is 26.7. The lowest BCUT2D eigenvalue weighted by Gasteiger charge is -2.27. The fourth-order valence-electron chi connectivity index (χ4n) is 2.90. The van der Waals surface area contributed by atoms with Crippen molar-refractivity contribution in [2.75, 3.05) is 5.75 Å². The van der Waals surface area contributed by atoms with Crippen molar-refractivity contribution in [3.05, 3.63) is 66.2 Å². The number of hydrogen-bond donors (Lipinski definition) is 2. The third-order valence-electron chi connectivity index (χ3n) is 4.60. The van der Waals surface area contributed by atoms with Crippen LogP contribution < -0.4 is 10.6 Å². The summed E-state index contributed by atoms with van der Waals surface area (Å²) in [5.41, 5.74) is 0.337. The Hall–Kier alpha value is -2.47. The molecule has 0 aromatic heterocycles. The molecule has 0 aliphatic rings. The Morgan fingerprint density at radius 3 is 2.06 bits per heavy atom. The summed E-state index contributed by atoms with van der Waals surface area (Å²) in [5, 5.41) is 5.91. The first-order valence-corrected chi connectivity index (χ1v) is 11.6. The molecule has 2 amide bonds. The maximum Gasteiger partial charge on any atom is 0.408 e. The van der Waals surface area contributed by atoms with Crippen molar-refractivity contribution in [3.8, 4) is 0 Å². The predicted molar refractivity (Wildman–Crippen MR) is 127 cm³/mol. The molecular weight excluding hydrogens is 408 g/mol. The molecule has 31 heavy (non-hydrogen) atoms. The predicted octanol–water partition coefficient (Wildman–Crippen LogP) is 5.06. The SMILES string of the molecule is CC(C)[C@@H](CSc1ccccc1)NC(=O)[C@H](Cc1ccccc1)NC(=O)OC(C)(C)C. The zero-order chi connectivity index (χ0) is 22.9. The molecule has 0 heterocycles. The van der Waals surface area contributed by atoms with Crippen LogP contribution in [0.2, 0.25) is 0 Å². The van der Waals surface area contributed by atoms with Gasteiger partial charge in [0.05, 0.1) is 0 Å². The molecule has 0 radical (unpaired) electrons. The van der Waals surface area contributed by atoms with Crippen LogP contribution in [-0.4, -0.2) is 35.4 Å². The topological polar surface area (TPSA) is 67.4 Å². The fraction of sp³-hybridized carbons (Fsp3) is 0.440. The highest BCUT2D eigenvalue weighted by atomic mass is 32.2. The molecule has 2 aromatic carbocycles. The van der Waals surface area contributed by atoms with Gasteiger partial charge in [0.2, 0.25) is 5.91 Å². The largest absolute Gasteiger partial charge is 0.444 e. The number of amides is 2. The highest BCUT2D eigenvalue weighted by Gasteiger charge is 2.27. The molecule has 0 bridgehead atoms. The molecule has 0 unspecified atom stereocenters. The van der Waals surface area contributed by atoms with Crippen molar-refractivity contribution in [3.63, 3.8) is 0 Å². The lowest BCUT2D eigenvalue weighted by atomic mass is 10.0. The van der Waals surface area contributed by atoms with Crippen molar-refractivity contribution in [1.29, 1.82) is 0 Å². The van der Waals surface area contributed by atoms with Crippen molar-refractivity contribution >= 4 is 23.8 Å². The molecule has 0 aliphatic heterocycles. The number of hydrogen-bond acceptors (Lipinski definition) is 4. The van der Waals surface area contributed by atoms with E-state index in [1.165, 1.54) is 0 Å². The van der Waals surface area contributed by atoms with Gasteiger partial charge >= 0.3 is 6.09 Å². The van der Waals surface area contributed by atoms with E-state index in [-0.39, 0.29) is 17.9 Å². The standard InChI is InChI=1S/C25H34N2O3S/c1-18(2)22(17-31-20-14-10-7-11-15-20)26-23(28)21(16-19-12-8-6-9-13-19)27-24(29)30-25(3,4)5/h6-15,18,21-22H,16-17H2,1-5H3,(H,26,28)(H,27,29)/t21-,22+/m0/s1. The minimum Gasteiger partial charge on any atom is -0.444 e. The van der Waals surface area contributed by atoms with Crippen molar-refractivity contribution in [2.24, 2.45) is 5.92 Å². The Labute approximate surface area is 190 Å². The minimum absolute atomic E-state index is 0.0311. The number of carbonyl (C=O) groups excluding carboxylic acids is 2. The molecule has 0 spiro atoms. The molecule has 6 heteroatoms. The summed E-state index contributed by atoms with van der Waals surface area (Å²) in [7, 11) is 0. The molecule has 0 saturated heterocycles. The number of rotatable bonds is 9. The molecule has 5 nitrogen and oxygen atoms in total. The lowest BCUT2D eigenvalue weighted by molar-refractivity contribution is -0.124. The summed E-state index contributed by atoms with van der Waals surface area (Å²) in [5.74, 6) is 0.791. The molecule has 168 valence electrons. The van der Waals surface area contributed by atoms with Gasteiger partial charge in [-0.25, -0.2) is 4.79 Å². The fourth-order valence-corrected chi connectivity index (χ4v) is 4.09. The van der Waals surface area contributed by atoms with E-state index in [4.69, 9.17) is 4.74 Å². The number of ether oxygens (including phenoxy) is 1. The highest BCUT2D eigenvalue weighted by Crippen LogP contribution is 2.20. The van der Waals surface area contributed by atoms with E-state index in [9.17, 15) is 9.59 Å². The lowest BCUT2D eigenvalue weighted by Crippen LogP contribution is -2.53. The summed E-state index contributed by atoms with van der Waals surface area (Å²) in [6, 6.07) is 19.0. The number of nitrogens with one attached hydrogen (secondary N) is 2. The summed E-state index contributed by atoms with van der Waals surface area (Å²) >= 11 is 1.71. The molecule has 0 fully saturated rings. The quantitative estimate of drug-likeness (QED) is 0.533. The van der Waals surface area contributed by atoms with Gasteiger partial charge in [-0.15, -0.1) is 11.8 Å². The van der Waals surface area contributed by atoms with Crippen LogP contribution in [0.25, 0.3) is 0 Å². The number of benzene rings is 2.